The maximum absolute atomic E-state index is 6.09. The first-order valence-electron chi connectivity index (χ1n) is 8.85. The standard InChI is InChI=1S/C20H24Cl2N2OS/c1-23-14-16-12-15(6-7-24-8-10-26-11-9-24)2-5-20(16)25-17-3-4-18(21)19(22)13-17/h2-5,12-13,23H,6-11,14H2,1H3. The summed E-state index contributed by atoms with van der Waals surface area (Å²) < 4.78 is 6.05. The van der Waals surface area contributed by atoms with E-state index in [1.54, 1.807) is 12.1 Å². The molecular formula is C20H24Cl2N2OS. The molecule has 0 saturated carbocycles. The van der Waals surface area contributed by atoms with Gasteiger partial charge in [0, 0.05) is 49.3 Å². The lowest BCUT2D eigenvalue weighted by atomic mass is 10.1. The molecule has 3 nitrogen and oxygen atoms in total. The van der Waals surface area contributed by atoms with Crippen LogP contribution in [0.15, 0.2) is 36.4 Å². The highest BCUT2D eigenvalue weighted by molar-refractivity contribution is 7.99. The normalized spacial score (nSPS) is 15.2. The number of halogens is 2. The summed E-state index contributed by atoms with van der Waals surface area (Å²) in [4.78, 5) is 2.55. The third kappa shape index (κ3) is 5.54. The Kier molecular flexibility index (Phi) is 7.52. The molecule has 0 amide bonds. The quantitative estimate of drug-likeness (QED) is 0.686. The van der Waals surface area contributed by atoms with Crippen molar-refractivity contribution in [2.45, 2.75) is 13.0 Å². The van der Waals surface area contributed by atoms with Crippen molar-refractivity contribution in [1.82, 2.24) is 10.2 Å². The van der Waals surface area contributed by atoms with Crippen LogP contribution in [0.5, 0.6) is 11.5 Å². The maximum atomic E-state index is 6.09. The molecule has 0 atom stereocenters. The Balaban J connectivity index is 1.70. The van der Waals surface area contributed by atoms with E-state index in [0.29, 0.717) is 15.8 Å². The summed E-state index contributed by atoms with van der Waals surface area (Å²) in [7, 11) is 1.95. The zero-order valence-corrected chi connectivity index (χ0v) is 17.3. The molecule has 2 aromatic rings. The van der Waals surface area contributed by atoms with E-state index in [2.05, 4.69) is 28.4 Å². The lowest BCUT2D eigenvalue weighted by Gasteiger charge is -2.26. The molecule has 0 spiro atoms. The van der Waals surface area contributed by atoms with E-state index in [1.807, 2.05) is 24.9 Å². The number of benzene rings is 2. The fourth-order valence-electron chi connectivity index (χ4n) is 3.00. The summed E-state index contributed by atoms with van der Waals surface area (Å²) in [5.41, 5.74) is 2.49. The zero-order valence-electron chi connectivity index (χ0n) is 14.9. The van der Waals surface area contributed by atoms with Gasteiger partial charge in [-0.15, -0.1) is 0 Å². The minimum atomic E-state index is 0.496. The second kappa shape index (κ2) is 9.86. The molecule has 1 saturated heterocycles. The third-order valence-electron chi connectivity index (χ3n) is 4.43. The molecule has 0 aromatic heterocycles. The summed E-state index contributed by atoms with van der Waals surface area (Å²) in [6, 6.07) is 11.8. The molecule has 1 aliphatic rings. The van der Waals surface area contributed by atoms with Crippen molar-refractivity contribution in [3.05, 3.63) is 57.6 Å². The monoisotopic (exact) mass is 410 g/mol. The molecule has 3 rings (SSSR count). The first kappa shape index (κ1) is 19.8. The van der Waals surface area contributed by atoms with Gasteiger partial charge in [-0.25, -0.2) is 0 Å². The van der Waals surface area contributed by atoms with E-state index < -0.39 is 0 Å². The molecule has 2 aromatic carbocycles. The van der Waals surface area contributed by atoms with Crippen LogP contribution >= 0.6 is 35.0 Å². The lowest BCUT2D eigenvalue weighted by molar-refractivity contribution is 0.306. The van der Waals surface area contributed by atoms with Crippen molar-refractivity contribution in [1.29, 1.82) is 0 Å². The Morgan fingerprint density at radius 1 is 1.08 bits per heavy atom. The fraction of sp³-hybridized carbons (Fsp3) is 0.400. The van der Waals surface area contributed by atoms with Gasteiger partial charge in [-0.2, -0.15) is 11.8 Å². The van der Waals surface area contributed by atoms with Crippen molar-refractivity contribution in [3.63, 3.8) is 0 Å². The molecule has 140 valence electrons. The van der Waals surface area contributed by atoms with Gasteiger partial charge in [0.1, 0.15) is 11.5 Å². The van der Waals surface area contributed by atoms with Gasteiger partial charge in [-0.1, -0.05) is 35.3 Å². The highest BCUT2D eigenvalue weighted by Gasteiger charge is 2.12. The Bertz CT molecular complexity index is 736. The van der Waals surface area contributed by atoms with Crippen LogP contribution in [0.1, 0.15) is 11.1 Å². The highest BCUT2D eigenvalue weighted by atomic mass is 35.5. The summed E-state index contributed by atoms with van der Waals surface area (Å²) in [6.07, 6.45) is 1.06. The predicted molar refractivity (Wildman–Crippen MR) is 113 cm³/mol. The van der Waals surface area contributed by atoms with Gasteiger partial charge in [0.15, 0.2) is 0 Å². The van der Waals surface area contributed by atoms with E-state index >= 15 is 0 Å². The summed E-state index contributed by atoms with van der Waals surface area (Å²) >= 11 is 14.1. The summed E-state index contributed by atoms with van der Waals surface area (Å²) in [5, 5.41) is 4.25. The van der Waals surface area contributed by atoms with Crippen molar-refractivity contribution in [2.75, 3.05) is 38.2 Å². The number of thioether (sulfide) groups is 1. The van der Waals surface area contributed by atoms with E-state index in [-0.39, 0.29) is 0 Å². The largest absolute Gasteiger partial charge is 0.457 e. The first-order chi connectivity index (χ1) is 12.7. The molecule has 0 unspecified atom stereocenters. The summed E-state index contributed by atoms with van der Waals surface area (Å²) in [5.74, 6) is 4.04. The molecule has 1 N–H and O–H groups in total. The van der Waals surface area contributed by atoms with Gasteiger partial charge in [0.25, 0.3) is 0 Å². The van der Waals surface area contributed by atoms with Crippen LogP contribution < -0.4 is 10.1 Å². The van der Waals surface area contributed by atoms with Gasteiger partial charge < -0.3 is 15.0 Å². The number of nitrogens with zero attached hydrogens (tertiary/aromatic N) is 1. The fourth-order valence-corrected chi connectivity index (χ4v) is 4.26. The molecule has 0 bridgehead atoms. The van der Waals surface area contributed by atoms with Crippen LogP contribution in [0.2, 0.25) is 10.0 Å². The molecular weight excluding hydrogens is 387 g/mol. The number of nitrogens with one attached hydrogen (secondary N) is 1. The molecule has 0 aliphatic carbocycles. The predicted octanol–water partition coefficient (Wildman–Crippen LogP) is 5.10. The average Bonchev–Trinajstić information content (AvgIpc) is 2.66. The minimum absolute atomic E-state index is 0.496. The number of rotatable bonds is 7. The number of ether oxygens (including phenoxy) is 1. The topological polar surface area (TPSA) is 24.5 Å². The van der Waals surface area contributed by atoms with Crippen molar-refractivity contribution >= 4 is 35.0 Å². The van der Waals surface area contributed by atoms with Crippen LogP contribution in [0, 0.1) is 0 Å². The van der Waals surface area contributed by atoms with Crippen molar-refractivity contribution in [3.8, 4) is 11.5 Å². The van der Waals surface area contributed by atoms with E-state index in [1.165, 1.54) is 30.2 Å². The maximum Gasteiger partial charge on any atom is 0.131 e. The molecule has 1 heterocycles. The molecule has 1 fully saturated rings. The Morgan fingerprint density at radius 2 is 1.88 bits per heavy atom. The van der Waals surface area contributed by atoms with Crippen LogP contribution in [0.25, 0.3) is 0 Å². The number of hydrogen-bond donors (Lipinski definition) is 1. The average molecular weight is 411 g/mol. The zero-order chi connectivity index (χ0) is 18.4. The van der Waals surface area contributed by atoms with Gasteiger partial charge in [0.2, 0.25) is 0 Å². The molecule has 26 heavy (non-hydrogen) atoms. The summed E-state index contributed by atoms with van der Waals surface area (Å²) in [6.45, 7) is 4.27. The van der Waals surface area contributed by atoms with Crippen molar-refractivity contribution in [2.24, 2.45) is 0 Å². The third-order valence-corrected chi connectivity index (χ3v) is 6.11. The second-order valence-electron chi connectivity index (χ2n) is 6.35. The van der Waals surface area contributed by atoms with Gasteiger partial charge in [0.05, 0.1) is 10.0 Å². The van der Waals surface area contributed by atoms with Crippen molar-refractivity contribution < 1.29 is 4.74 Å². The van der Waals surface area contributed by atoms with E-state index in [4.69, 9.17) is 27.9 Å². The Labute approximate surface area is 170 Å². The van der Waals surface area contributed by atoms with Crippen LogP contribution in [0.3, 0.4) is 0 Å². The van der Waals surface area contributed by atoms with Crippen LogP contribution in [-0.4, -0.2) is 43.1 Å². The molecule has 0 radical (unpaired) electrons. The van der Waals surface area contributed by atoms with E-state index in [9.17, 15) is 0 Å². The molecule has 1 aliphatic heterocycles. The number of hydrogen-bond acceptors (Lipinski definition) is 4. The Hall–Kier alpha value is -0.910. The minimum Gasteiger partial charge on any atom is -0.457 e. The lowest BCUT2D eigenvalue weighted by Crippen LogP contribution is -2.34. The van der Waals surface area contributed by atoms with Gasteiger partial charge in [-0.3, -0.25) is 0 Å². The van der Waals surface area contributed by atoms with Gasteiger partial charge >= 0.3 is 0 Å². The highest BCUT2D eigenvalue weighted by Crippen LogP contribution is 2.31. The van der Waals surface area contributed by atoms with Gasteiger partial charge in [-0.05, 0) is 37.2 Å². The molecule has 6 heteroatoms. The first-order valence-corrected chi connectivity index (χ1v) is 10.8. The van der Waals surface area contributed by atoms with Crippen LogP contribution in [0.4, 0.5) is 0 Å². The second-order valence-corrected chi connectivity index (χ2v) is 8.39. The smallest absolute Gasteiger partial charge is 0.131 e. The van der Waals surface area contributed by atoms with Crippen LogP contribution in [-0.2, 0) is 13.0 Å². The SMILES string of the molecule is CNCc1cc(CCN2CCSCC2)ccc1Oc1ccc(Cl)c(Cl)c1. The Morgan fingerprint density at radius 3 is 2.62 bits per heavy atom. The van der Waals surface area contributed by atoms with E-state index in [0.717, 1.165) is 30.8 Å².